The molecule has 1 heterocycles. The van der Waals surface area contributed by atoms with Gasteiger partial charge in [-0.15, -0.1) is 0 Å². The Labute approximate surface area is 109 Å². The average molecular weight is 253 g/mol. The summed E-state index contributed by atoms with van der Waals surface area (Å²) in [5, 5.41) is 11.7. The number of hydrogen-bond acceptors (Lipinski definition) is 2. The first kappa shape index (κ1) is 11.5. The van der Waals surface area contributed by atoms with E-state index >= 15 is 0 Å². The van der Waals surface area contributed by atoms with Crippen LogP contribution in [0.25, 0.3) is 11.1 Å². The maximum atomic E-state index is 11.4. The summed E-state index contributed by atoms with van der Waals surface area (Å²) in [5.41, 5.74) is 3.94. The third-order valence-corrected chi connectivity index (χ3v) is 3.23. The van der Waals surface area contributed by atoms with Gasteiger partial charge in [-0.2, -0.15) is 0 Å². The molecular weight excluding hydrogens is 242 g/mol. The molecule has 0 fully saturated rings. The Kier molecular flexibility index (Phi) is 2.56. The number of amides is 1. The first-order chi connectivity index (χ1) is 9.15. The van der Waals surface area contributed by atoms with Gasteiger partial charge in [0.1, 0.15) is 0 Å². The number of fused-ring (bicyclic) bond motifs is 1. The van der Waals surface area contributed by atoms with E-state index in [2.05, 4.69) is 5.32 Å². The summed E-state index contributed by atoms with van der Waals surface area (Å²) >= 11 is 0. The highest BCUT2D eigenvalue weighted by molar-refractivity contribution is 6.01. The number of nitrogens with one attached hydrogen (secondary N) is 1. The molecule has 1 amide bonds. The molecule has 0 saturated heterocycles. The number of aromatic carboxylic acids is 1. The quantitative estimate of drug-likeness (QED) is 0.864. The van der Waals surface area contributed by atoms with E-state index in [0.29, 0.717) is 6.42 Å². The standard InChI is InChI=1S/C15H11NO3/c17-14-8-12-11(2-1-3-13(12)16-14)9-4-6-10(7-5-9)15(18)19/h1-7H,8H2,(H,16,17)(H,18,19). The lowest BCUT2D eigenvalue weighted by Crippen LogP contribution is -2.03. The minimum atomic E-state index is -0.943. The van der Waals surface area contributed by atoms with E-state index in [1.165, 1.54) is 0 Å². The minimum absolute atomic E-state index is 0.00962. The van der Waals surface area contributed by atoms with Crippen LogP contribution in [0.1, 0.15) is 15.9 Å². The van der Waals surface area contributed by atoms with Crippen LogP contribution < -0.4 is 5.32 Å². The van der Waals surface area contributed by atoms with Gasteiger partial charge in [-0.25, -0.2) is 4.79 Å². The Balaban J connectivity index is 2.06. The van der Waals surface area contributed by atoms with Crippen LogP contribution in [0, 0.1) is 0 Å². The summed E-state index contributed by atoms with van der Waals surface area (Å²) in [4.78, 5) is 22.3. The fourth-order valence-corrected chi connectivity index (χ4v) is 2.31. The molecule has 2 aromatic carbocycles. The Hall–Kier alpha value is -2.62. The molecule has 2 N–H and O–H groups in total. The van der Waals surface area contributed by atoms with Crippen LogP contribution in [-0.4, -0.2) is 17.0 Å². The summed E-state index contributed by atoms with van der Waals surface area (Å²) in [7, 11) is 0. The number of carboxylic acids is 1. The van der Waals surface area contributed by atoms with Crippen LogP contribution in [-0.2, 0) is 11.2 Å². The molecule has 0 saturated carbocycles. The van der Waals surface area contributed by atoms with Gasteiger partial charge in [-0.3, -0.25) is 4.79 Å². The highest BCUT2D eigenvalue weighted by Gasteiger charge is 2.20. The average Bonchev–Trinajstić information content (AvgIpc) is 2.78. The highest BCUT2D eigenvalue weighted by atomic mass is 16.4. The number of carbonyl (C=O) groups is 2. The fourth-order valence-electron chi connectivity index (χ4n) is 2.31. The summed E-state index contributed by atoms with van der Waals surface area (Å²) in [6.07, 6.45) is 0.367. The zero-order chi connectivity index (χ0) is 13.4. The maximum absolute atomic E-state index is 11.4. The molecule has 0 atom stereocenters. The van der Waals surface area contributed by atoms with Gasteiger partial charge >= 0.3 is 5.97 Å². The molecule has 2 aromatic rings. The molecular formula is C15H11NO3. The number of anilines is 1. The van der Waals surface area contributed by atoms with Gasteiger partial charge in [0.05, 0.1) is 12.0 Å². The lowest BCUT2D eigenvalue weighted by molar-refractivity contribution is -0.115. The van der Waals surface area contributed by atoms with Gasteiger partial charge in [0.2, 0.25) is 5.91 Å². The van der Waals surface area contributed by atoms with Crippen molar-refractivity contribution in [1.82, 2.24) is 0 Å². The zero-order valence-electron chi connectivity index (χ0n) is 10.0. The van der Waals surface area contributed by atoms with E-state index < -0.39 is 5.97 Å². The van der Waals surface area contributed by atoms with Gasteiger partial charge in [-0.1, -0.05) is 24.3 Å². The summed E-state index contributed by atoms with van der Waals surface area (Å²) in [6.45, 7) is 0. The Bertz CT molecular complexity index is 674. The van der Waals surface area contributed by atoms with Gasteiger partial charge < -0.3 is 10.4 Å². The zero-order valence-corrected chi connectivity index (χ0v) is 10.0. The van der Waals surface area contributed by atoms with Crippen molar-refractivity contribution in [2.75, 3.05) is 5.32 Å². The van der Waals surface area contributed by atoms with Crippen LogP contribution in [0.3, 0.4) is 0 Å². The summed E-state index contributed by atoms with van der Waals surface area (Å²) < 4.78 is 0. The molecule has 0 aliphatic carbocycles. The van der Waals surface area contributed by atoms with Crippen molar-refractivity contribution in [3.63, 3.8) is 0 Å². The summed E-state index contributed by atoms with van der Waals surface area (Å²) in [6, 6.07) is 12.4. The largest absolute Gasteiger partial charge is 0.478 e. The number of carbonyl (C=O) groups excluding carboxylic acids is 1. The smallest absolute Gasteiger partial charge is 0.335 e. The molecule has 94 valence electrons. The summed E-state index contributed by atoms with van der Waals surface area (Å²) in [5.74, 6) is -0.953. The third-order valence-electron chi connectivity index (χ3n) is 3.23. The van der Waals surface area contributed by atoms with Crippen molar-refractivity contribution < 1.29 is 14.7 Å². The molecule has 4 nitrogen and oxygen atoms in total. The van der Waals surface area contributed by atoms with Crippen LogP contribution >= 0.6 is 0 Å². The first-order valence-electron chi connectivity index (χ1n) is 5.90. The predicted octanol–water partition coefficient (Wildman–Crippen LogP) is 2.55. The van der Waals surface area contributed by atoms with Crippen LogP contribution in [0.2, 0.25) is 0 Å². The van der Waals surface area contributed by atoms with Crippen molar-refractivity contribution in [1.29, 1.82) is 0 Å². The van der Waals surface area contributed by atoms with Crippen molar-refractivity contribution in [3.8, 4) is 11.1 Å². The molecule has 1 aliphatic rings. The molecule has 0 bridgehead atoms. The highest BCUT2D eigenvalue weighted by Crippen LogP contribution is 2.33. The SMILES string of the molecule is O=C1Cc2c(cccc2-c2ccc(C(=O)O)cc2)N1. The number of hydrogen-bond donors (Lipinski definition) is 2. The molecule has 4 heteroatoms. The topological polar surface area (TPSA) is 66.4 Å². The molecule has 3 rings (SSSR count). The third kappa shape index (κ3) is 1.97. The Morgan fingerprint density at radius 3 is 2.53 bits per heavy atom. The van der Waals surface area contributed by atoms with E-state index in [0.717, 1.165) is 22.4 Å². The van der Waals surface area contributed by atoms with Gasteiger partial charge in [-0.05, 0) is 34.9 Å². The lowest BCUT2D eigenvalue weighted by atomic mass is 9.97. The van der Waals surface area contributed by atoms with Crippen LogP contribution in [0.15, 0.2) is 42.5 Å². The molecule has 0 aromatic heterocycles. The molecule has 0 radical (unpaired) electrons. The van der Waals surface area contributed by atoms with Crippen molar-refractivity contribution in [2.24, 2.45) is 0 Å². The second kappa shape index (κ2) is 4.24. The Morgan fingerprint density at radius 1 is 1.11 bits per heavy atom. The van der Waals surface area contributed by atoms with Gasteiger partial charge in [0.15, 0.2) is 0 Å². The molecule has 1 aliphatic heterocycles. The van der Waals surface area contributed by atoms with Crippen molar-refractivity contribution in [3.05, 3.63) is 53.6 Å². The van der Waals surface area contributed by atoms with E-state index in [9.17, 15) is 9.59 Å². The number of carboxylic acid groups (broad SMARTS) is 1. The van der Waals surface area contributed by atoms with Gasteiger partial charge in [0, 0.05) is 5.69 Å². The number of benzene rings is 2. The van der Waals surface area contributed by atoms with Gasteiger partial charge in [0.25, 0.3) is 0 Å². The fraction of sp³-hybridized carbons (Fsp3) is 0.0667. The minimum Gasteiger partial charge on any atom is -0.478 e. The van der Waals surface area contributed by atoms with Crippen molar-refractivity contribution >= 4 is 17.6 Å². The Morgan fingerprint density at radius 2 is 1.84 bits per heavy atom. The molecule has 0 spiro atoms. The van der Waals surface area contributed by atoms with E-state index in [1.54, 1.807) is 24.3 Å². The van der Waals surface area contributed by atoms with E-state index in [1.807, 2.05) is 18.2 Å². The van der Waals surface area contributed by atoms with Crippen molar-refractivity contribution in [2.45, 2.75) is 6.42 Å². The predicted molar refractivity (Wildman–Crippen MR) is 71.2 cm³/mol. The van der Waals surface area contributed by atoms with Crippen LogP contribution in [0.4, 0.5) is 5.69 Å². The normalized spacial score (nSPS) is 12.9. The second-order valence-electron chi connectivity index (χ2n) is 4.44. The monoisotopic (exact) mass is 253 g/mol. The molecule has 0 unspecified atom stereocenters. The second-order valence-corrected chi connectivity index (χ2v) is 4.44. The van der Waals surface area contributed by atoms with E-state index in [4.69, 9.17) is 5.11 Å². The molecule has 19 heavy (non-hydrogen) atoms. The number of rotatable bonds is 2. The van der Waals surface area contributed by atoms with E-state index in [-0.39, 0.29) is 11.5 Å². The van der Waals surface area contributed by atoms with Crippen LogP contribution in [0.5, 0.6) is 0 Å². The lowest BCUT2D eigenvalue weighted by Gasteiger charge is -2.07. The first-order valence-corrected chi connectivity index (χ1v) is 5.90. The maximum Gasteiger partial charge on any atom is 0.335 e.